The lowest BCUT2D eigenvalue weighted by molar-refractivity contribution is -0.111. The first-order chi connectivity index (χ1) is 13.2. The molecule has 0 radical (unpaired) electrons. The highest BCUT2D eigenvalue weighted by molar-refractivity contribution is 7.14. The fourth-order valence-electron chi connectivity index (χ4n) is 2.45. The Morgan fingerprint density at radius 3 is 2.74 bits per heavy atom. The Balaban J connectivity index is 1.65. The van der Waals surface area contributed by atoms with Gasteiger partial charge in [0.1, 0.15) is 0 Å². The summed E-state index contributed by atoms with van der Waals surface area (Å²) in [5.74, 6) is 1.07. The lowest BCUT2D eigenvalue weighted by atomic mass is 10.2. The molecule has 0 saturated carbocycles. The van der Waals surface area contributed by atoms with Crippen LogP contribution in [-0.4, -0.2) is 24.6 Å². The number of hydrogen-bond donors (Lipinski definition) is 1. The normalized spacial score (nSPS) is 10.7. The number of carbonyl (C=O) groups is 1. The largest absolute Gasteiger partial charge is 0.493 e. The van der Waals surface area contributed by atoms with Crippen LogP contribution in [0, 0.1) is 0 Å². The molecule has 1 heterocycles. The third kappa shape index (κ3) is 4.95. The maximum Gasteiger partial charge on any atom is 0.250 e. The summed E-state index contributed by atoms with van der Waals surface area (Å²) >= 11 is 1.39. The van der Waals surface area contributed by atoms with Gasteiger partial charge in [-0.15, -0.1) is 11.3 Å². The number of nitrogens with zero attached hydrogens (tertiary/aromatic N) is 1. The molecule has 3 rings (SSSR count). The minimum absolute atomic E-state index is 0.239. The molecule has 5 nitrogen and oxygen atoms in total. The molecular weight excluding hydrogens is 360 g/mol. The molecule has 1 aromatic heterocycles. The van der Waals surface area contributed by atoms with E-state index < -0.39 is 0 Å². The highest BCUT2D eigenvalue weighted by Crippen LogP contribution is 2.28. The summed E-state index contributed by atoms with van der Waals surface area (Å²) in [5.41, 5.74) is 2.71. The number of amides is 1. The second-order valence-electron chi connectivity index (χ2n) is 5.57. The molecule has 0 atom stereocenters. The molecule has 138 valence electrons. The Labute approximate surface area is 162 Å². The summed E-state index contributed by atoms with van der Waals surface area (Å²) in [6.07, 6.45) is 3.19. The highest BCUT2D eigenvalue weighted by atomic mass is 32.1. The van der Waals surface area contributed by atoms with Crippen molar-refractivity contribution in [3.05, 3.63) is 65.6 Å². The number of thiazole rings is 1. The molecule has 0 spiro atoms. The molecule has 3 aromatic rings. The van der Waals surface area contributed by atoms with E-state index in [-0.39, 0.29) is 5.91 Å². The van der Waals surface area contributed by atoms with Crippen molar-refractivity contribution in [2.45, 2.75) is 6.92 Å². The van der Waals surface area contributed by atoms with E-state index in [1.807, 2.05) is 60.8 Å². The standard InChI is InChI=1S/C21H20N2O3S/c1-3-26-18-11-9-15(13-19(18)25-2)10-12-20(24)23-21-22-17(14-27-21)16-7-5-4-6-8-16/h4-14H,3H2,1-2H3,(H,22,23,24). The zero-order valence-electron chi connectivity index (χ0n) is 15.1. The number of benzene rings is 2. The van der Waals surface area contributed by atoms with E-state index in [1.54, 1.807) is 13.2 Å². The predicted octanol–water partition coefficient (Wildman–Crippen LogP) is 4.87. The number of rotatable bonds is 7. The number of aromatic nitrogens is 1. The maximum atomic E-state index is 12.2. The maximum absolute atomic E-state index is 12.2. The first-order valence-electron chi connectivity index (χ1n) is 8.50. The topological polar surface area (TPSA) is 60.5 Å². The Morgan fingerprint density at radius 2 is 2.00 bits per heavy atom. The number of anilines is 1. The van der Waals surface area contributed by atoms with Crippen LogP contribution < -0.4 is 14.8 Å². The summed E-state index contributed by atoms with van der Waals surface area (Å²) in [6, 6.07) is 15.4. The smallest absolute Gasteiger partial charge is 0.250 e. The first-order valence-corrected chi connectivity index (χ1v) is 9.38. The Hall–Kier alpha value is -3.12. The van der Waals surface area contributed by atoms with Crippen molar-refractivity contribution >= 4 is 28.5 Å². The number of hydrogen-bond acceptors (Lipinski definition) is 5. The van der Waals surface area contributed by atoms with E-state index >= 15 is 0 Å². The molecule has 2 aromatic carbocycles. The number of nitrogens with one attached hydrogen (secondary N) is 1. The summed E-state index contributed by atoms with van der Waals surface area (Å²) in [7, 11) is 1.59. The van der Waals surface area contributed by atoms with E-state index in [1.165, 1.54) is 17.4 Å². The van der Waals surface area contributed by atoms with Crippen LogP contribution in [0.5, 0.6) is 11.5 Å². The summed E-state index contributed by atoms with van der Waals surface area (Å²) in [5, 5.41) is 5.27. The van der Waals surface area contributed by atoms with Crippen molar-refractivity contribution in [1.82, 2.24) is 4.98 Å². The van der Waals surface area contributed by atoms with Gasteiger partial charge in [-0.05, 0) is 30.7 Å². The third-order valence-electron chi connectivity index (χ3n) is 3.72. The summed E-state index contributed by atoms with van der Waals surface area (Å²) in [4.78, 5) is 16.6. The van der Waals surface area contributed by atoms with Gasteiger partial charge >= 0.3 is 0 Å². The van der Waals surface area contributed by atoms with Crippen LogP contribution in [0.25, 0.3) is 17.3 Å². The fourth-order valence-corrected chi connectivity index (χ4v) is 3.18. The lowest BCUT2D eigenvalue weighted by Crippen LogP contribution is -2.07. The molecule has 6 heteroatoms. The van der Waals surface area contributed by atoms with Crippen LogP contribution in [0.1, 0.15) is 12.5 Å². The second kappa shape index (κ2) is 9.00. The van der Waals surface area contributed by atoms with Crippen LogP contribution in [0.3, 0.4) is 0 Å². The van der Waals surface area contributed by atoms with Gasteiger partial charge in [0.15, 0.2) is 16.6 Å². The van der Waals surface area contributed by atoms with Gasteiger partial charge in [0, 0.05) is 17.0 Å². The number of ether oxygens (including phenoxy) is 2. The monoisotopic (exact) mass is 380 g/mol. The van der Waals surface area contributed by atoms with Gasteiger partial charge in [0.2, 0.25) is 5.91 Å². The van der Waals surface area contributed by atoms with Gasteiger partial charge in [0.05, 0.1) is 19.4 Å². The summed E-state index contributed by atoms with van der Waals surface area (Å²) in [6.45, 7) is 2.48. The predicted molar refractivity (Wildman–Crippen MR) is 109 cm³/mol. The van der Waals surface area contributed by atoms with Crippen LogP contribution in [0.2, 0.25) is 0 Å². The van der Waals surface area contributed by atoms with Crippen molar-refractivity contribution in [3.8, 4) is 22.8 Å². The van der Waals surface area contributed by atoms with E-state index in [2.05, 4.69) is 10.3 Å². The molecule has 0 saturated heterocycles. The SMILES string of the molecule is CCOc1ccc(C=CC(=O)Nc2nc(-c3ccccc3)cs2)cc1OC. The lowest BCUT2D eigenvalue weighted by Gasteiger charge is -2.09. The number of carbonyl (C=O) groups excluding carboxylic acids is 1. The van der Waals surface area contributed by atoms with Gasteiger partial charge < -0.3 is 9.47 Å². The Morgan fingerprint density at radius 1 is 1.19 bits per heavy atom. The molecule has 0 unspecified atom stereocenters. The molecule has 0 fully saturated rings. The average Bonchev–Trinajstić information content (AvgIpc) is 3.16. The van der Waals surface area contributed by atoms with Gasteiger partial charge in [0.25, 0.3) is 0 Å². The van der Waals surface area contributed by atoms with Crippen LogP contribution in [-0.2, 0) is 4.79 Å². The first kappa shape index (κ1) is 18.7. The van der Waals surface area contributed by atoms with Crippen molar-refractivity contribution in [1.29, 1.82) is 0 Å². The zero-order valence-corrected chi connectivity index (χ0v) is 16.0. The van der Waals surface area contributed by atoms with E-state index in [0.717, 1.165) is 16.8 Å². The van der Waals surface area contributed by atoms with Crippen molar-refractivity contribution in [3.63, 3.8) is 0 Å². The fraction of sp³-hybridized carbons (Fsp3) is 0.143. The molecule has 1 amide bonds. The number of methoxy groups -OCH3 is 1. The molecular formula is C21H20N2O3S. The zero-order chi connectivity index (χ0) is 19.1. The van der Waals surface area contributed by atoms with Gasteiger partial charge in [-0.3, -0.25) is 10.1 Å². The molecule has 0 bridgehead atoms. The van der Waals surface area contributed by atoms with Crippen LogP contribution >= 0.6 is 11.3 Å². The minimum Gasteiger partial charge on any atom is -0.493 e. The molecule has 27 heavy (non-hydrogen) atoms. The van der Waals surface area contributed by atoms with E-state index in [0.29, 0.717) is 23.2 Å². The highest BCUT2D eigenvalue weighted by Gasteiger charge is 2.07. The molecule has 0 aliphatic rings. The Bertz CT molecular complexity index is 936. The van der Waals surface area contributed by atoms with Gasteiger partial charge in [-0.1, -0.05) is 36.4 Å². The van der Waals surface area contributed by atoms with Crippen molar-refractivity contribution < 1.29 is 14.3 Å². The average molecular weight is 380 g/mol. The van der Waals surface area contributed by atoms with Gasteiger partial charge in [-0.25, -0.2) is 4.98 Å². The van der Waals surface area contributed by atoms with E-state index in [4.69, 9.17) is 9.47 Å². The Kier molecular flexibility index (Phi) is 6.22. The summed E-state index contributed by atoms with van der Waals surface area (Å²) < 4.78 is 10.8. The second-order valence-corrected chi connectivity index (χ2v) is 6.43. The third-order valence-corrected chi connectivity index (χ3v) is 4.48. The minimum atomic E-state index is -0.239. The molecule has 1 N–H and O–H groups in total. The van der Waals surface area contributed by atoms with Crippen molar-refractivity contribution in [2.24, 2.45) is 0 Å². The van der Waals surface area contributed by atoms with Crippen LogP contribution in [0.4, 0.5) is 5.13 Å². The van der Waals surface area contributed by atoms with Crippen LogP contribution in [0.15, 0.2) is 60.0 Å². The quantitative estimate of drug-likeness (QED) is 0.594. The van der Waals surface area contributed by atoms with Crippen molar-refractivity contribution in [2.75, 3.05) is 19.0 Å². The van der Waals surface area contributed by atoms with Gasteiger partial charge in [-0.2, -0.15) is 0 Å². The van der Waals surface area contributed by atoms with E-state index in [9.17, 15) is 4.79 Å². The molecule has 0 aliphatic heterocycles. The molecule has 0 aliphatic carbocycles.